The van der Waals surface area contributed by atoms with Crippen LogP contribution in [-0.2, 0) is 33.7 Å². The summed E-state index contributed by atoms with van der Waals surface area (Å²) < 4.78 is 16.1. The number of benzene rings is 3. The van der Waals surface area contributed by atoms with Crippen molar-refractivity contribution in [1.29, 1.82) is 0 Å². The highest BCUT2D eigenvalue weighted by molar-refractivity contribution is 5.89. The van der Waals surface area contributed by atoms with Crippen molar-refractivity contribution in [3.63, 3.8) is 0 Å². The molecular weight excluding hydrogens is 550 g/mol. The average Bonchev–Trinajstić information content (AvgIpc) is 3.05. The zero-order valence-electron chi connectivity index (χ0n) is 26.6. The number of carbonyl (C=O) groups is 2. The molecule has 4 rings (SSSR count). The van der Waals surface area contributed by atoms with Gasteiger partial charge in [-0.25, -0.2) is 4.79 Å². The van der Waals surface area contributed by atoms with Gasteiger partial charge in [0.2, 0.25) is 0 Å². The van der Waals surface area contributed by atoms with Gasteiger partial charge >= 0.3 is 11.9 Å². The third kappa shape index (κ3) is 9.46. The lowest BCUT2D eigenvalue weighted by atomic mass is 9.85. The topological polar surface area (TPSA) is 65.1 Å². The monoisotopic (exact) mass is 595 g/mol. The van der Waals surface area contributed by atoms with Gasteiger partial charge in [0, 0.05) is 30.5 Å². The first-order valence-corrected chi connectivity index (χ1v) is 15.7. The Morgan fingerprint density at radius 1 is 0.955 bits per heavy atom. The van der Waals surface area contributed by atoms with Crippen molar-refractivity contribution in [2.75, 3.05) is 27.3 Å². The van der Waals surface area contributed by atoms with Crippen LogP contribution in [0.3, 0.4) is 0 Å². The van der Waals surface area contributed by atoms with Gasteiger partial charge < -0.3 is 14.2 Å². The summed E-state index contributed by atoms with van der Waals surface area (Å²) in [6.45, 7) is 6.39. The van der Waals surface area contributed by atoms with Gasteiger partial charge in [-0.15, -0.1) is 0 Å². The molecule has 6 nitrogen and oxygen atoms in total. The third-order valence-corrected chi connectivity index (χ3v) is 8.09. The van der Waals surface area contributed by atoms with Gasteiger partial charge in [-0.2, -0.15) is 0 Å². The van der Waals surface area contributed by atoms with E-state index in [4.69, 9.17) is 14.2 Å². The molecule has 0 fully saturated rings. The van der Waals surface area contributed by atoms with Crippen molar-refractivity contribution < 1.29 is 23.8 Å². The number of unbranched alkanes of at least 4 members (excludes halogenated alkanes) is 1. The molecule has 1 unspecified atom stereocenters. The largest absolute Gasteiger partial charge is 0.489 e. The molecule has 44 heavy (non-hydrogen) atoms. The van der Waals surface area contributed by atoms with E-state index < -0.39 is 0 Å². The number of carbonyl (C=O) groups excluding carboxylic acids is 2. The minimum atomic E-state index is -0.304. The lowest BCUT2D eigenvalue weighted by Crippen LogP contribution is -2.34. The van der Waals surface area contributed by atoms with Crippen LogP contribution in [0.1, 0.15) is 90.2 Å². The molecule has 1 aliphatic rings. The van der Waals surface area contributed by atoms with Crippen LogP contribution < -0.4 is 4.74 Å². The standard InChI is InChI=1S/C38H45NO5/c1-28(2)15-16-29-17-19-30(20-18-29)27-44-36-13-6-5-10-31(36)23-25-39(24-8-7-14-37(40)42-3)35-12-9-11-32-26-33(38(41)43-4)21-22-34(32)35/h5-6,10,13,17-22,26,28,35H,7-9,11-12,14,23-25,27H2,1-4H3. The highest BCUT2D eigenvalue weighted by atomic mass is 16.5. The molecule has 0 radical (unpaired) electrons. The summed E-state index contributed by atoms with van der Waals surface area (Å²) in [5, 5.41) is 0. The maximum atomic E-state index is 12.2. The van der Waals surface area contributed by atoms with Crippen molar-refractivity contribution >= 4 is 11.9 Å². The van der Waals surface area contributed by atoms with Crippen LogP contribution in [0.4, 0.5) is 0 Å². The van der Waals surface area contributed by atoms with E-state index in [1.807, 2.05) is 36.4 Å². The predicted octanol–water partition coefficient (Wildman–Crippen LogP) is 7.33. The van der Waals surface area contributed by atoms with Gasteiger partial charge in [-0.05, 0) is 97.7 Å². The number of ether oxygens (including phenoxy) is 3. The van der Waals surface area contributed by atoms with Crippen molar-refractivity contribution in [3.8, 4) is 17.6 Å². The lowest BCUT2D eigenvalue weighted by molar-refractivity contribution is -0.140. The Labute approximate surface area is 262 Å². The maximum Gasteiger partial charge on any atom is 0.337 e. The Kier molecular flexibility index (Phi) is 12.4. The molecule has 0 amide bonds. The number of fused-ring (bicyclic) bond motifs is 1. The molecule has 232 valence electrons. The first-order valence-electron chi connectivity index (χ1n) is 15.7. The minimum Gasteiger partial charge on any atom is -0.489 e. The predicted molar refractivity (Wildman–Crippen MR) is 174 cm³/mol. The molecule has 6 heteroatoms. The van der Waals surface area contributed by atoms with Gasteiger partial charge in [0.15, 0.2) is 0 Å². The third-order valence-electron chi connectivity index (χ3n) is 8.09. The summed E-state index contributed by atoms with van der Waals surface area (Å²) >= 11 is 0. The van der Waals surface area contributed by atoms with Crippen LogP contribution in [0, 0.1) is 17.8 Å². The van der Waals surface area contributed by atoms with Gasteiger partial charge in [0.05, 0.1) is 19.8 Å². The molecule has 3 aromatic carbocycles. The second-order valence-corrected chi connectivity index (χ2v) is 11.6. The second-order valence-electron chi connectivity index (χ2n) is 11.6. The van der Waals surface area contributed by atoms with E-state index in [-0.39, 0.29) is 18.0 Å². The smallest absolute Gasteiger partial charge is 0.337 e. The number of aryl methyl sites for hydroxylation is 1. The summed E-state index contributed by atoms with van der Waals surface area (Å²) in [4.78, 5) is 26.4. The molecular formula is C38H45NO5. The number of methoxy groups -OCH3 is 2. The van der Waals surface area contributed by atoms with Crippen LogP contribution in [0.2, 0.25) is 0 Å². The number of rotatable bonds is 13. The fourth-order valence-corrected chi connectivity index (χ4v) is 5.71. The summed E-state index contributed by atoms with van der Waals surface area (Å²) in [6, 6.07) is 22.8. The van der Waals surface area contributed by atoms with Crippen molar-refractivity contribution in [2.45, 2.75) is 71.4 Å². The normalized spacial score (nSPS) is 14.0. The minimum absolute atomic E-state index is 0.167. The van der Waals surface area contributed by atoms with Crippen molar-refractivity contribution in [2.24, 2.45) is 5.92 Å². The van der Waals surface area contributed by atoms with Gasteiger partial charge in [-0.3, -0.25) is 9.69 Å². The van der Waals surface area contributed by atoms with E-state index in [0.29, 0.717) is 24.5 Å². The summed E-state index contributed by atoms with van der Waals surface area (Å²) in [5.41, 5.74) is 6.38. The van der Waals surface area contributed by atoms with Gasteiger partial charge in [-0.1, -0.05) is 62.1 Å². The molecule has 3 aromatic rings. The summed E-state index contributed by atoms with van der Waals surface area (Å²) in [7, 11) is 2.86. The van der Waals surface area contributed by atoms with E-state index >= 15 is 0 Å². The number of hydrogen-bond donors (Lipinski definition) is 0. The molecule has 0 spiro atoms. The van der Waals surface area contributed by atoms with Crippen LogP contribution >= 0.6 is 0 Å². The zero-order valence-corrected chi connectivity index (χ0v) is 26.6. The Morgan fingerprint density at radius 3 is 2.50 bits per heavy atom. The summed E-state index contributed by atoms with van der Waals surface area (Å²) in [6.07, 6.45) is 6.01. The fraction of sp³-hybridized carbons (Fsp3) is 0.421. The van der Waals surface area contributed by atoms with E-state index in [1.54, 1.807) is 0 Å². The van der Waals surface area contributed by atoms with Crippen LogP contribution in [0.5, 0.6) is 5.75 Å². The molecule has 0 N–H and O–H groups in total. The Hall–Kier alpha value is -4.08. The molecule has 1 atom stereocenters. The molecule has 0 saturated heterocycles. The Balaban J connectivity index is 1.46. The van der Waals surface area contributed by atoms with E-state index in [9.17, 15) is 9.59 Å². The molecule has 0 saturated carbocycles. The first-order chi connectivity index (χ1) is 21.4. The SMILES string of the molecule is COC(=O)CCCCN(CCc1ccccc1OCc1ccc(C#CC(C)C)cc1)C1CCCc2cc(C(=O)OC)ccc21. The Morgan fingerprint density at radius 2 is 1.75 bits per heavy atom. The molecule has 0 aliphatic heterocycles. The Bertz CT molecular complexity index is 1450. The number of hydrogen-bond acceptors (Lipinski definition) is 6. The number of esters is 2. The second kappa shape index (κ2) is 16.7. The van der Waals surface area contributed by atoms with Gasteiger partial charge in [0.1, 0.15) is 12.4 Å². The van der Waals surface area contributed by atoms with Crippen molar-refractivity contribution in [3.05, 3.63) is 100 Å². The van der Waals surface area contributed by atoms with Crippen LogP contribution in [-0.4, -0.2) is 44.1 Å². The zero-order chi connectivity index (χ0) is 31.3. The highest BCUT2D eigenvalue weighted by Gasteiger charge is 2.27. The lowest BCUT2D eigenvalue weighted by Gasteiger charge is -2.36. The average molecular weight is 596 g/mol. The first kappa shape index (κ1) is 32.8. The number of para-hydroxylation sites is 1. The molecule has 1 aliphatic carbocycles. The number of nitrogens with zero attached hydrogens (tertiary/aromatic N) is 1. The summed E-state index contributed by atoms with van der Waals surface area (Å²) in [5.74, 6) is 7.19. The van der Waals surface area contributed by atoms with E-state index in [0.717, 1.165) is 68.5 Å². The van der Waals surface area contributed by atoms with E-state index in [1.165, 1.54) is 30.9 Å². The van der Waals surface area contributed by atoms with Crippen LogP contribution in [0.25, 0.3) is 0 Å². The van der Waals surface area contributed by atoms with Crippen molar-refractivity contribution in [1.82, 2.24) is 4.90 Å². The fourth-order valence-electron chi connectivity index (χ4n) is 5.71. The van der Waals surface area contributed by atoms with E-state index in [2.05, 4.69) is 60.9 Å². The maximum absolute atomic E-state index is 12.2. The molecule has 0 heterocycles. The van der Waals surface area contributed by atoms with Crippen LogP contribution in [0.15, 0.2) is 66.7 Å². The molecule has 0 bridgehead atoms. The molecule has 0 aromatic heterocycles. The highest BCUT2D eigenvalue weighted by Crippen LogP contribution is 2.36. The van der Waals surface area contributed by atoms with Gasteiger partial charge in [0.25, 0.3) is 0 Å². The quantitative estimate of drug-likeness (QED) is 0.117.